The van der Waals surface area contributed by atoms with Gasteiger partial charge in [-0.2, -0.15) is 12.6 Å². The molecule has 0 bridgehead atoms. The molecule has 1 heterocycles. The number of carboxylic acids is 1. The lowest BCUT2D eigenvalue weighted by atomic mass is 10.0. The zero-order valence-corrected chi connectivity index (χ0v) is 20.7. The van der Waals surface area contributed by atoms with Crippen molar-refractivity contribution in [2.75, 3.05) is 5.75 Å². The van der Waals surface area contributed by atoms with Gasteiger partial charge >= 0.3 is 5.97 Å². The first-order valence-corrected chi connectivity index (χ1v) is 11.8. The lowest BCUT2D eigenvalue weighted by molar-refractivity contribution is -0.141. The highest BCUT2D eigenvalue weighted by Gasteiger charge is 2.33. The van der Waals surface area contributed by atoms with Gasteiger partial charge in [0.2, 0.25) is 17.7 Å². The quantitative estimate of drug-likeness (QED) is 0.179. The van der Waals surface area contributed by atoms with Crippen LogP contribution in [-0.2, 0) is 25.6 Å². The van der Waals surface area contributed by atoms with Crippen LogP contribution < -0.4 is 21.7 Å². The van der Waals surface area contributed by atoms with Crippen molar-refractivity contribution in [3.63, 3.8) is 0 Å². The Morgan fingerprint density at radius 3 is 2.20 bits per heavy atom. The number of benzene rings is 1. The van der Waals surface area contributed by atoms with Crippen molar-refractivity contribution in [2.45, 2.75) is 57.5 Å². The van der Waals surface area contributed by atoms with Crippen LogP contribution in [0.3, 0.4) is 0 Å². The summed E-state index contributed by atoms with van der Waals surface area (Å²) < 4.78 is 0. The zero-order valence-electron chi connectivity index (χ0n) is 19.8. The third-order valence-electron chi connectivity index (χ3n) is 5.61. The molecule has 0 aliphatic carbocycles. The molecule has 0 radical (unpaired) electrons. The van der Waals surface area contributed by atoms with Gasteiger partial charge in [0.25, 0.3) is 0 Å². The molecular formula is C23H33N5O6S. The summed E-state index contributed by atoms with van der Waals surface area (Å²) in [5.41, 5.74) is 7.37. The fraction of sp³-hybridized carbons (Fsp3) is 0.478. The van der Waals surface area contributed by atoms with E-state index in [1.54, 1.807) is 20.0 Å². The number of aliphatic carboxylic acids is 1. The van der Waals surface area contributed by atoms with E-state index in [2.05, 4.69) is 33.6 Å². The van der Waals surface area contributed by atoms with E-state index in [-0.39, 0.29) is 18.1 Å². The molecule has 192 valence electrons. The second kappa shape index (κ2) is 12.6. The van der Waals surface area contributed by atoms with Gasteiger partial charge < -0.3 is 36.9 Å². The Balaban J connectivity index is 2.30. The Labute approximate surface area is 208 Å². The molecule has 0 saturated carbocycles. The molecule has 3 amide bonds. The maximum atomic E-state index is 13.1. The standard InChI is InChI=1S/C23H33N5O6S/c1-11(2)18(24)21(31)28-19(12(3)29)22(32)26-16(20(30)27-17(10-35)23(33)34)8-13-9-25-15-7-5-4-6-14(13)15/h4-7,9,11-12,16-19,25,29,35H,8,10,24H2,1-3H3,(H,26,32)(H,27,30)(H,28,31)(H,33,34). The van der Waals surface area contributed by atoms with Gasteiger partial charge in [-0.05, 0) is 24.5 Å². The number of nitrogens with two attached hydrogens (primary N) is 1. The summed E-state index contributed by atoms with van der Waals surface area (Å²) in [6.45, 7) is 4.80. The van der Waals surface area contributed by atoms with Crippen molar-refractivity contribution < 1.29 is 29.4 Å². The SMILES string of the molecule is CC(C)C(N)C(=O)NC(C(=O)NC(Cc1c[nH]c2ccccc12)C(=O)NC(CS)C(=O)O)C(C)O. The minimum atomic E-state index is -1.38. The predicted molar refractivity (Wildman–Crippen MR) is 134 cm³/mol. The van der Waals surface area contributed by atoms with Crippen LogP contribution in [-0.4, -0.2) is 74.9 Å². The first-order valence-electron chi connectivity index (χ1n) is 11.2. The molecule has 12 heteroatoms. The largest absolute Gasteiger partial charge is 0.480 e. The maximum Gasteiger partial charge on any atom is 0.327 e. The number of fused-ring (bicyclic) bond motifs is 1. The van der Waals surface area contributed by atoms with E-state index >= 15 is 0 Å². The molecule has 0 aliphatic rings. The van der Waals surface area contributed by atoms with Gasteiger partial charge in [-0.25, -0.2) is 4.79 Å². The minimum Gasteiger partial charge on any atom is -0.480 e. The molecular weight excluding hydrogens is 474 g/mol. The minimum absolute atomic E-state index is 0.0203. The van der Waals surface area contributed by atoms with E-state index in [0.717, 1.165) is 10.9 Å². The van der Waals surface area contributed by atoms with Crippen molar-refractivity contribution in [3.8, 4) is 0 Å². The highest BCUT2D eigenvalue weighted by atomic mass is 32.1. The number of aromatic nitrogens is 1. The number of aromatic amines is 1. The molecule has 1 aromatic heterocycles. The molecule has 1 aromatic carbocycles. The predicted octanol–water partition coefficient (Wildman–Crippen LogP) is -0.457. The molecule has 0 spiro atoms. The van der Waals surface area contributed by atoms with Crippen LogP contribution in [0.25, 0.3) is 10.9 Å². The highest BCUT2D eigenvalue weighted by molar-refractivity contribution is 7.80. The zero-order chi connectivity index (χ0) is 26.3. The Morgan fingerprint density at radius 2 is 1.63 bits per heavy atom. The Kier molecular flexibility index (Phi) is 10.1. The number of carbonyl (C=O) groups is 4. The van der Waals surface area contributed by atoms with Gasteiger partial charge in [-0.15, -0.1) is 0 Å². The van der Waals surface area contributed by atoms with E-state index in [1.165, 1.54) is 6.92 Å². The molecule has 5 unspecified atom stereocenters. The number of aliphatic hydroxyl groups is 1. The maximum absolute atomic E-state index is 13.1. The van der Waals surface area contributed by atoms with Crippen LogP contribution in [0.5, 0.6) is 0 Å². The molecule has 11 nitrogen and oxygen atoms in total. The first kappa shape index (κ1) is 28.1. The van der Waals surface area contributed by atoms with E-state index in [9.17, 15) is 29.4 Å². The first-order chi connectivity index (χ1) is 16.5. The normalized spacial score (nSPS) is 15.6. The summed E-state index contributed by atoms with van der Waals surface area (Å²) in [4.78, 5) is 53.0. The summed E-state index contributed by atoms with van der Waals surface area (Å²) in [6, 6.07) is 2.60. The number of carboxylic acid groups (broad SMARTS) is 1. The molecule has 8 N–H and O–H groups in total. The number of hydrogen-bond donors (Lipinski definition) is 8. The van der Waals surface area contributed by atoms with Gasteiger partial charge in [-0.3, -0.25) is 14.4 Å². The number of thiol groups is 1. The lowest BCUT2D eigenvalue weighted by Gasteiger charge is -2.27. The summed E-state index contributed by atoms with van der Waals surface area (Å²) in [5.74, 6) is -3.83. The van der Waals surface area contributed by atoms with E-state index in [0.29, 0.717) is 5.56 Å². The lowest BCUT2D eigenvalue weighted by Crippen LogP contribution is -2.60. The molecule has 35 heavy (non-hydrogen) atoms. The van der Waals surface area contributed by atoms with E-state index < -0.39 is 54.0 Å². The Morgan fingerprint density at radius 1 is 1.00 bits per heavy atom. The molecule has 0 aliphatic heterocycles. The van der Waals surface area contributed by atoms with Crippen LogP contribution in [0, 0.1) is 5.92 Å². The van der Waals surface area contributed by atoms with Crippen molar-refractivity contribution in [1.82, 2.24) is 20.9 Å². The molecule has 0 fully saturated rings. The van der Waals surface area contributed by atoms with Crippen LogP contribution in [0.2, 0.25) is 0 Å². The summed E-state index contributed by atoms with van der Waals surface area (Å²) >= 11 is 3.96. The average Bonchev–Trinajstić information content (AvgIpc) is 3.21. The fourth-order valence-electron chi connectivity index (χ4n) is 3.41. The van der Waals surface area contributed by atoms with E-state index in [1.807, 2.05) is 24.3 Å². The van der Waals surface area contributed by atoms with Crippen molar-refractivity contribution in [3.05, 3.63) is 36.0 Å². The number of rotatable bonds is 12. The number of amides is 3. The number of H-pyrrole nitrogens is 1. The van der Waals surface area contributed by atoms with Gasteiger partial charge in [0.1, 0.15) is 18.1 Å². The topological polar surface area (TPSA) is 187 Å². The highest BCUT2D eigenvalue weighted by Crippen LogP contribution is 2.19. The number of aliphatic hydroxyl groups excluding tert-OH is 1. The van der Waals surface area contributed by atoms with Crippen molar-refractivity contribution in [1.29, 1.82) is 0 Å². The number of hydrogen-bond acceptors (Lipinski definition) is 7. The van der Waals surface area contributed by atoms with Crippen LogP contribution in [0.1, 0.15) is 26.3 Å². The van der Waals surface area contributed by atoms with Crippen LogP contribution in [0.15, 0.2) is 30.5 Å². The third-order valence-corrected chi connectivity index (χ3v) is 5.98. The van der Waals surface area contributed by atoms with E-state index in [4.69, 9.17) is 5.73 Å². The summed E-state index contributed by atoms with van der Waals surface area (Å²) in [6.07, 6.45) is 0.422. The number of para-hydroxylation sites is 1. The second-order valence-corrected chi connectivity index (χ2v) is 9.07. The van der Waals surface area contributed by atoms with Crippen molar-refractivity contribution in [2.24, 2.45) is 11.7 Å². The van der Waals surface area contributed by atoms with Crippen LogP contribution in [0.4, 0.5) is 0 Å². The van der Waals surface area contributed by atoms with Gasteiger partial charge in [-0.1, -0.05) is 32.0 Å². The van der Waals surface area contributed by atoms with Gasteiger partial charge in [0, 0.05) is 29.3 Å². The average molecular weight is 508 g/mol. The second-order valence-electron chi connectivity index (χ2n) is 8.70. The summed E-state index contributed by atoms with van der Waals surface area (Å²) in [7, 11) is 0. The Bertz CT molecular complexity index is 1060. The van der Waals surface area contributed by atoms with Gasteiger partial charge in [0.15, 0.2) is 0 Å². The molecule has 0 saturated heterocycles. The van der Waals surface area contributed by atoms with Crippen LogP contribution >= 0.6 is 12.6 Å². The number of carbonyl (C=O) groups excluding carboxylic acids is 3. The molecule has 5 atom stereocenters. The fourth-order valence-corrected chi connectivity index (χ4v) is 3.65. The molecule has 2 rings (SSSR count). The number of nitrogens with one attached hydrogen (secondary N) is 4. The van der Waals surface area contributed by atoms with Crippen molar-refractivity contribution >= 4 is 47.2 Å². The third kappa shape index (κ3) is 7.44. The smallest absolute Gasteiger partial charge is 0.327 e. The molecule has 2 aromatic rings. The van der Waals surface area contributed by atoms with Gasteiger partial charge in [0.05, 0.1) is 12.1 Å². The Hall–Kier alpha value is -3.09. The monoisotopic (exact) mass is 507 g/mol. The summed E-state index contributed by atoms with van der Waals surface area (Å²) in [5, 5.41) is 27.6.